The Labute approximate surface area is 167 Å². The van der Waals surface area contributed by atoms with E-state index in [1.807, 2.05) is 48.5 Å². The summed E-state index contributed by atoms with van der Waals surface area (Å²) in [5, 5.41) is 5.64. The first-order chi connectivity index (χ1) is 14.2. The highest BCUT2D eigenvalue weighted by Crippen LogP contribution is 2.32. The third-order valence-electron chi connectivity index (χ3n) is 4.55. The predicted molar refractivity (Wildman–Crippen MR) is 105 cm³/mol. The van der Waals surface area contributed by atoms with E-state index >= 15 is 0 Å². The van der Waals surface area contributed by atoms with Crippen molar-refractivity contribution in [2.75, 3.05) is 6.79 Å². The van der Waals surface area contributed by atoms with Crippen molar-refractivity contribution < 1.29 is 23.5 Å². The molecule has 0 aliphatic carbocycles. The van der Waals surface area contributed by atoms with E-state index in [1.54, 1.807) is 12.1 Å². The summed E-state index contributed by atoms with van der Waals surface area (Å²) in [6, 6.07) is 17.5. The summed E-state index contributed by atoms with van der Waals surface area (Å²) in [7, 11) is 0. The average molecular weight is 392 g/mol. The van der Waals surface area contributed by atoms with Crippen LogP contribution in [0.2, 0.25) is 0 Å². The minimum Gasteiger partial charge on any atom is -0.459 e. The molecule has 1 atom stereocenters. The number of hydrogen-bond donors (Lipinski definition) is 2. The molecule has 0 radical (unpaired) electrons. The lowest BCUT2D eigenvalue weighted by atomic mass is 10.0. The Kier molecular flexibility index (Phi) is 5.47. The molecule has 29 heavy (non-hydrogen) atoms. The van der Waals surface area contributed by atoms with Crippen LogP contribution in [0, 0.1) is 0 Å². The second kappa shape index (κ2) is 8.52. The summed E-state index contributed by atoms with van der Waals surface area (Å²) in [6.07, 6.45) is 1.78. The summed E-state index contributed by atoms with van der Waals surface area (Å²) < 4.78 is 15.8. The molecule has 1 aliphatic rings. The molecule has 1 aromatic heterocycles. The zero-order valence-electron chi connectivity index (χ0n) is 15.6. The molecule has 2 aromatic carbocycles. The van der Waals surface area contributed by atoms with Crippen molar-refractivity contribution in [3.05, 3.63) is 83.8 Å². The number of benzene rings is 2. The molecule has 4 rings (SSSR count). The smallest absolute Gasteiger partial charge is 0.287 e. The van der Waals surface area contributed by atoms with Crippen LogP contribution in [-0.4, -0.2) is 24.6 Å². The number of hydrogen-bond acceptors (Lipinski definition) is 5. The van der Waals surface area contributed by atoms with Gasteiger partial charge < -0.3 is 24.5 Å². The van der Waals surface area contributed by atoms with Crippen LogP contribution in [0.3, 0.4) is 0 Å². The Balaban J connectivity index is 1.44. The number of furan rings is 1. The SMILES string of the molecule is O=C(N[C@H](Cc1ccccc1)C(=O)NCc1ccc2c(c1)OCO2)c1ccco1. The minimum absolute atomic E-state index is 0.159. The van der Waals surface area contributed by atoms with Crippen molar-refractivity contribution in [1.82, 2.24) is 10.6 Å². The third kappa shape index (κ3) is 4.57. The molecule has 1 aliphatic heterocycles. The molecule has 148 valence electrons. The first kappa shape index (κ1) is 18.6. The summed E-state index contributed by atoms with van der Waals surface area (Å²) in [6.45, 7) is 0.500. The van der Waals surface area contributed by atoms with Gasteiger partial charge in [-0.2, -0.15) is 0 Å². The van der Waals surface area contributed by atoms with Gasteiger partial charge >= 0.3 is 0 Å². The molecule has 3 aromatic rings. The molecule has 0 saturated heterocycles. The maximum absolute atomic E-state index is 12.8. The van der Waals surface area contributed by atoms with E-state index in [-0.39, 0.29) is 18.5 Å². The van der Waals surface area contributed by atoms with Crippen LogP contribution in [0.5, 0.6) is 11.5 Å². The lowest BCUT2D eigenvalue weighted by Gasteiger charge is -2.18. The maximum atomic E-state index is 12.8. The molecule has 2 heterocycles. The van der Waals surface area contributed by atoms with Crippen molar-refractivity contribution >= 4 is 11.8 Å². The van der Waals surface area contributed by atoms with Gasteiger partial charge in [0, 0.05) is 13.0 Å². The van der Waals surface area contributed by atoms with Gasteiger partial charge in [0.15, 0.2) is 17.3 Å². The van der Waals surface area contributed by atoms with Crippen LogP contribution in [0.1, 0.15) is 21.7 Å². The van der Waals surface area contributed by atoms with Gasteiger partial charge in [-0.3, -0.25) is 9.59 Å². The van der Waals surface area contributed by atoms with E-state index in [0.29, 0.717) is 24.5 Å². The molecule has 0 fully saturated rings. The number of ether oxygens (including phenoxy) is 2. The second-order valence-electron chi connectivity index (χ2n) is 6.60. The van der Waals surface area contributed by atoms with Gasteiger partial charge in [0.25, 0.3) is 5.91 Å². The topological polar surface area (TPSA) is 89.8 Å². The van der Waals surface area contributed by atoms with Gasteiger partial charge in [0.1, 0.15) is 6.04 Å². The molecule has 0 saturated carbocycles. The summed E-state index contributed by atoms with van der Waals surface area (Å²) in [5.74, 6) is 0.781. The van der Waals surface area contributed by atoms with Gasteiger partial charge in [-0.25, -0.2) is 0 Å². The molecule has 2 N–H and O–H groups in total. The van der Waals surface area contributed by atoms with Gasteiger partial charge in [-0.05, 0) is 35.4 Å². The van der Waals surface area contributed by atoms with Crippen molar-refractivity contribution in [1.29, 1.82) is 0 Å². The molecular formula is C22H20N2O5. The lowest BCUT2D eigenvalue weighted by molar-refractivity contribution is -0.123. The zero-order valence-corrected chi connectivity index (χ0v) is 15.6. The number of amides is 2. The van der Waals surface area contributed by atoms with Crippen molar-refractivity contribution in [2.45, 2.75) is 19.0 Å². The van der Waals surface area contributed by atoms with Crippen molar-refractivity contribution in [2.24, 2.45) is 0 Å². The Morgan fingerprint density at radius 1 is 0.931 bits per heavy atom. The summed E-state index contributed by atoms with van der Waals surface area (Å²) in [4.78, 5) is 25.2. The largest absolute Gasteiger partial charge is 0.459 e. The van der Waals surface area contributed by atoms with Crippen molar-refractivity contribution in [3.8, 4) is 11.5 Å². The fourth-order valence-corrected chi connectivity index (χ4v) is 3.06. The van der Waals surface area contributed by atoms with E-state index in [1.165, 1.54) is 6.26 Å². The number of fused-ring (bicyclic) bond motifs is 1. The van der Waals surface area contributed by atoms with Crippen LogP contribution in [-0.2, 0) is 17.8 Å². The maximum Gasteiger partial charge on any atom is 0.287 e. The quantitative estimate of drug-likeness (QED) is 0.645. The second-order valence-corrected chi connectivity index (χ2v) is 6.60. The monoisotopic (exact) mass is 392 g/mol. The minimum atomic E-state index is -0.746. The Morgan fingerprint density at radius 2 is 1.76 bits per heavy atom. The van der Waals surface area contributed by atoms with Gasteiger partial charge in [0.05, 0.1) is 6.26 Å². The average Bonchev–Trinajstić information content (AvgIpc) is 3.43. The van der Waals surface area contributed by atoms with E-state index in [0.717, 1.165) is 11.1 Å². The molecule has 7 nitrogen and oxygen atoms in total. The van der Waals surface area contributed by atoms with Gasteiger partial charge in [0.2, 0.25) is 12.7 Å². The number of carbonyl (C=O) groups is 2. The Morgan fingerprint density at radius 3 is 2.55 bits per heavy atom. The summed E-state index contributed by atoms with van der Waals surface area (Å²) >= 11 is 0. The lowest BCUT2D eigenvalue weighted by Crippen LogP contribution is -2.47. The summed E-state index contributed by atoms with van der Waals surface area (Å²) in [5.41, 5.74) is 1.81. The van der Waals surface area contributed by atoms with Crippen LogP contribution < -0.4 is 20.1 Å². The first-order valence-corrected chi connectivity index (χ1v) is 9.23. The fourth-order valence-electron chi connectivity index (χ4n) is 3.06. The molecule has 0 spiro atoms. The highest BCUT2D eigenvalue weighted by Gasteiger charge is 2.23. The third-order valence-corrected chi connectivity index (χ3v) is 4.55. The van der Waals surface area contributed by atoms with Crippen LogP contribution in [0.25, 0.3) is 0 Å². The molecule has 2 amide bonds. The standard InChI is InChI=1S/C22H20N2O5/c25-21(23-13-16-8-9-18-20(12-16)29-14-28-18)17(11-15-5-2-1-3-6-15)24-22(26)19-7-4-10-27-19/h1-10,12,17H,11,13-14H2,(H,23,25)(H,24,26)/t17-/m1/s1. The van der Waals surface area contributed by atoms with Crippen LogP contribution >= 0.6 is 0 Å². The predicted octanol–water partition coefficient (Wildman–Crippen LogP) is 2.67. The Hall–Kier alpha value is -3.74. The van der Waals surface area contributed by atoms with E-state index < -0.39 is 11.9 Å². The highest BCUT2D eigenvalue weighted by atomic mass is 16.7. The molecular weight excluding hydrogens is 372 g/mol. The van der Waals surface area contributed by atoms with E-state index in [4.69, 9.17) is 13.9 Å². The molecule has 0 bridgehead atoms. The van der Waals surface area contributed by atoms with Crippen molar-refractivity contribution in [3.63, 3.8) is 0 Å². The molecule has 7 heteroatoms. The fraction of sp³-hybridized carbons (Fsp3) is 0.182. The van der Waals surface area contributed by atoms with E-state index in [9.17, 15) is 9.59 Å². The van der Waals surface area contributed by atoms with Crippen LogP contribution in [0.4, 0.5) is 0 Å². The highest BCUT2D eigenvalue weighted by molar-refractivity contribution is 5.95. The number of rotatable bonds is 7. The Bertz CT molecular complexity index is 986. The van der Waals surface area contributed by atoms with E-state index in [2.05, 4.69) is 10.6 Å². The van der Waals surface area contributed by atoms with Crippen LogP contribution in [0.15, 0.2) is 71.3 Å². The number of nitrogens with one attached hydrogen (secondary N) is 2. The van der Waals surface area contributed by atoms with Gasteiger partial charge in [-0.15, -0.1) is 0 Å². The molecule has 0 unspecified atom stereocenters. The number of carbonyl (C=O) groups excluding carboxylic acids is 2. The van der Waals surface area contributed by atoms with Gasteiger partial charge in [-0.1, -0.05) is 36.4 Å². The zero-order chi connectivity index (χ0) is 20.1. The first-order valence-electron chi connectivity index (χ1n) is 9.23. The normalized spacial score (nSPS) is 13.0.